The first kappa shape index (κ1) is 16.6. The van der Waals surface area contributed by atoms with Crippen LogP contribution >= 0.6 is 27.7 Å². The van der Waals surface area contributed by atoms with Crippen LogP contribution in [0.25, 0.3) is 6.08 Å². The van der Waals surface area contributed by atoms with Gasteiger partial charge in [0.2, 0.25) is 0 Å². The zero-order valence-electron chi connectivity index (χ0n) is 15.3. The van der Waals surface area contributed by atoms with E-state index < -0.39 is 0 Å². The van der Waals surface area contributed by atoms with E-state index >= 15 is 0 Å². The Hall–Kier alpha value is -1.51. The molecular weight excluding hydrogens is 400 g/mol. The van der Waals surface area contributed by atoms with Gasteiger partial charge < -0.3 is 0 Å². The van der Waals surface area contributed by atoms with E-state index in [1.54, 1.807) is 0 Å². The van der Waals surface area contributed by atoms with Crippen molar-refractivity contribution in [2.24, 2.45) is 0 Å². The van der Waals surface area contributed by atoms with Gasteiger partial charge in [-0.1, -0.05) is 42.0 Å². The Balaban J connectivity index is 1.47. The third kappa shape index (κ3) is 2.42. The molecule has 0 saturated carbocycles. The number of hydrogen-bond acceptors (Lipinski definition) is 1. The molecule has 0 bridgehead atoms. The van der Waals surface area contributed by atoms with Gasteiger partial charge >= 0.3 is 0 Å². The predicted octanol–water partition coefficient (Wildman–Crippen LogP) is 7.27. The molecule has 1 atom stereocenters. The molecule has 4 aliphatic rings. The van der Waals surface area contributed by atoms with Gasteiger partial charge in [0.15, 0.2) is 0 Å². The highest BCUT2D eigenvalue weighted by Crippen LogP contribution is 2.53. The number of rotatable bonds is 2. The highest BCUT2D eigenvalue weighted by molar-refractivity contribution is 9.12. The molecule has 0 N–H and O–H groups in total. The summed E-state index contributed by atoms with van der Waals surface area (Å²) in [5.41, 5.74) is 13.1. The van der Waals surface area contributed by atoms with Crippen LogP contribution in [0.3, 0.4) is 0 Å². The van der Waals surface area contributed by atoms with Gasteiger partial charge in [0, 0.05) is 4.48 Å². The van der Waals surface area contributed by atoms with E-state index in [0.717, 1.165) is 12.8 Å². The molecule has 1 unspecified atom stereocenters. The third-order valence-corrected chi connectivity index (χ3v) is 8.14. The molecule has 26 heavy (non-hydrogen) atoms. The number of allylic oxidation sites excluding steroid dienone is 9. The quantitative estimate of drug-likeness (QED) is 0.484. The molecule has 0 saturated heterocycles. The molecule has 0 spiro atoms. The van der Waals surface area contributed by atoms with Crippen LogP contribution in [-0.2, 0) is 6.42 Å². The minimum Gasteiger partial charge on any atom is -0.118 e. The summed E-state index contributed by atoms with van der Waals surface area (Å²) in [6.07, 6.45) is 9.43. The molecule has 5 rings (SSSR count). The second-order valence-electron chi connectivity index (χ2n) is 7.60. The Kier molecular flexibility index (Phi) is 3.84. The first-order valence-corrected chi connectivity index (χ1v) is 10.9. The number of thioether (sulfide) groups is 1. The maximum Gasteiger partial charge on any atom is 0.0544 e. The van der Waals surface area contributed by atoms with E-state index in [0.29, 0.717) is 5.25 Å². The van der Waals surface area contributed by atoms with Crippen molar-refractivity contribution in [2.75, 3.05) is 0 Å². The van der Waals surface area contributed by atoms with E-state index in [1.165, 1.54) is 59.5 Å². The van der Waals surface area contributed by atoms with Crippen LogP contribution in [0, 0.1) is 0 Å². The number of hydrogen-bond donors (Lipinski definition) is 0. The lowest BCUT2D eigenvalue weighted by atomic mass is 9.87. The molecular formula is C24H21BrS. The summed E-state index contributed by atoms with van der Waals surface area (Å²) >= 11 is 5.94. The van der Waals surface area contributed by atoms with Crippen LogP contribution in [0.5, 0.6) is 0 Å². The van der Waals surface area contributed by atoms with Crippen LogP contribution in [0.4, 0.5) is 0 Å². The lowest BCUT2D eigenvalue weighted by Crippen LogP contribution is -2.10. The fraction of sp³-hybridized carbons (Fsp3) is 0.250. The zero-order chi connectivity index (χ0) is 18.0. The van der Waals surface area contributed by atoms with Crippen LogP contribution in [0.15, 0.2) is 84.8 Å². The fourth-order valence-corrected chi connectivity index (χ4v) is 6.81. The average Bonchev–Trinajstić information content (AvgIpc) is 3.25. The van der Waals surface area contributed by atoms with Gasteiger partial charge in [-0.3, -0.25) is 0 Å². The van der Waals surface area contributed by atoms with Gasteiger partial charge in [-0.15, -0.1) is 11.8 Å². The molecule has 3 aliphatic carbocycles. The van der Waals surface area contributed by atoms with E-state index in [9.17, 15) is 0 Å². The monoisotopic (exact) mass is 420 g/mol. The minimum atomic E-state index is 0.465. The van der Waals surface area contributed by atoms with Crippen molar-refractivity contribution in [3.05, 3.63) is 95.9 Å². The van der Waals surface area contributed by atoms with Gasteiger partial charge in [0.05, 0.1) is 5.25 Å². The maximum atomic E-state index is 3.94. The molecule has 0 aromatic heterocycles. The summed E-state index contributed by atoms with van der Waals surface area (Å²) in [7, 11) is 0. The first-order valence-electron chi connectivity index (χ1n) is 9.19. The Bertz CT molecular complexity index is 1040. The normalized spacial score (nSPS) is 23.8. The average molecular weight is 421 g/mol. The van der Waals surface area contributed by atoms with Crippen LogP contribution in [0.2, 0.25) is 0 Å². The van der Waals surface area contributed by atoms with E-state index in [4.69, 9.17) is 0 Å². The second-order valence-corrected chi connectivity index (χ2v) is 9.75. The van der Waals surface area contributed by atoms with Crippen molar-refractivity contribution in [3.8, 4) is 0 Å². The Morgan fingerprint density at radius 1 is 1.08 bits per heavy atom. The predicted molar refractivity (Wildman–Crippen MR) is 117 cm³/mol. The van der Waals surface area contributed by atoms with Crippen molar-refractivity contribution < 1.29 is 0 Å². The topological polar surface area (TPSA) is 0 Å². The summed E-state index contributed by atoms with van der Waals surface area (Å²) in [5, 5.41) is 0.465. The molecule has 1 heterocycles. The lowest BCUT2D eigenvalue weighted by molar-refractivity contribution is 1.05. The summed E-state index contributed by atoms with van der Waals surface area (Å²) < 4.78 is 1.31. The Morgan fingerprint density at radius 2 is 1.88 bits per heavy atom. The molecule has 0 nitrogen and oxygen atoms in total. The molecule has 1 aromatic carbocycles. The summed E-state index contributed by atoms with van der Waals surface area (Å²) in [6, 6.07) is 8.79. The molecule has 0 fully saturated rings. The van der Waals surface area contributed by atoms with E-state index in [1.807, 2.05) is 11.8 Å². The third-order valence-electron chi connectivity index (χ3n) is 6.00. The summed E-state index contributed by atoms with van der Waals surface area (Å²) in [6.45, 7) is 6.78. The molecule has 130 valence electrons. The lowest BCUT2D eigenvalue weighted by Gasteiger charge is -2.23. The van der Waals surface area contributed by atoms with Crippen molar-refractivity contribution in [1.29, 1.82) is 0 Å². The second kappa shape index (κ2) is 6.00. The van der Waals surface area contributed by atoms with Gasteiger partial charge in [-0.05, 0) is 105 Å². The molecule has 0 radical (unpaired) electrons. The maximum absolute atomic E-state index is 3.94. The molecule has 1 aromatic rings. The number of benzene rings is 1. The van der Waals surface area contributed by atoms with Crippen LogP contribution in [-0.4, -0.2) is 5.25 Å². The van der Waals surface area contributed by atoms with Gasteiger partial charge in [-0.25, -0.2) is 0 Å². The summed E-state index contributed by atoms with van der Waals surface area (Å²) in [4.78, 5) is 1.45. The number of fused-ring (bicyclic) bond motifs is 3. The summed E-state index contributed by atoms with van der Waals surface area (Å²) in [5.74, 6) is 0. The zero-order valence-corrected chi connectivity index (χ0v) is 17.7. The molecule has 0 amide bonds. The van der Waals surface area contributed by atoms with Crippen LogP contribution < -0.4 is 0 Å². The number of halogens is 1. The van der Waals surface area contributed by atoms with Gasteiger partial charge in [0.1, 0.15) is 0 Å². The molecule has 1 aliphatic heterocycles. The smallest absolute Gasteiger partial charge is 0.0544 e. The highest BCUT2D eigenvalue weighted by Gasteiger charge is 2.35. The molecule has 2 heteroatoms. The van der Waals surface area contributed by atoms with Gasteiger partial charge in [-0.2, -0.15) is 0 Å². The van der Waals surface area contributed by atoms with Crippen LogP contribution in [0.1, 0.15) is 38.3 Å². The van der Waals surface area contributed by atoms with Gasteiger partial charge in [0.25, 0.3) is 0 Å². The largest absolute Gasteiger partial charge is 0.118 e. The standard InChI is InChI=1S/C24H21BrS/c1-13-8-21-20(12-22-23(24(21)25)14(2)15(3)26-22)19(13)11-16-9-17-6-4-5-7-18(17)10-16/h4-9,12,22H,10-11H2,1-3H3. The van der Waals surface area contributed by atoms with Crippen molar-refractivity contribution in [3.63, 3.8) is 0 Å². The first-order chi connectivity index (χ1) is 12.5. The Labute approximate surface area is 168 Å². The minimum absolute atomic E-state index is 0.465. The fourth-order valence-electron chi connectivity index (χ4n) is 4.50. The van der Waals surface area contributed by atoms with E-state index in [2.05, 4.69) is 79.2 Å². The van der Waals surface area contributed by atoms with E-state index in [-0.39, 0.29) is 0 Å². The Morgan fingerprint density at radius 3 is 2.69 bits per heavy atom. The van der Waals surface area contributed by atoms with Crippen molar-refractivity contribution in [2.45, 2.75) is 38.9 Å². The SMILES string of the molecule is CC1=C(CC2=Cc3ccccc3C2)C2=CC3SC(C)=C(C)C3=C(Br)C2=C1. The van der Waals surface area contributed by atoms with Crippen molar-refractivity contribution >= 4 is 33.8 Å². The van der Waals surface area contributed by atoms with Crippen molar-refractivity contribution in [1.82, 2.24) is 0 Å². The highest BCUT2D eigenvalue weighted by atomic mass is 79.9.